The molecule has 0 heterocycles. The van der Waals surface area contributed by atoms with Crippen molar-refractivity contribution in [3.63, 3.8) is 0 Å². The number of nitrogens with one attached hydrogen (secondary N) is 1. The van der Waals surface area contributed by atoms with Crippen molar-refractivity contribution in [1.82, 2.24) is 4.72 Å². The SMILES string of the molecule is COCCNS(=O)(=O)CCOc1ccc(N)cc1. The lowest BCUT2D eigenvalue weighted by Gasteiger charge is -2.08. The van der Waals surface area contributed by atoms with Gasteiger partial charge in [-0.25, -0.2) is 13.1 Å². The topological polar surface area (TPSA) is 90.6 Å². The Kier molecular flexibility index (Phi) is 5.90. The quantitative estimate of drug-likeness (QED) is 0.522. The van der Waals surface area contributed by atoms with Crippen LogP contribution in [0, 0.1) is 0 Å². The smallest absolute Gasteiger partial charge is 0.215 e. The van der Waals surface area contributed by atoms with Gasteiger partial charge >= 0.3 is 0 Å². The summed E-state index contributed by atoms with van der Waals surface area (Å²) >= 11 is 0. The fraction of sp³-hybridized carbons (Fsp3) is 0.455. The molecule has 0 saturated heterocycles. The van der Waals surface area contributed by atoms with E-state index in [1.807, 2.05) is 0 Å². The van der Waals surface area contributed by atoms with Gasteiger partial charge in [0.15, 0.2) is 0 Å². The van der Waals surface area contributed by atoms with Gasteiger partial charge < -0.3 is 15.2 Å². The molecular weight excluding hydrogens is 256 g/mol. The number of nitrogen functional groups attached to an aromatic ring is 1. The molecule has 3 N–H and O–H groups in total. The Labute approximate surface area is 107 Å². The van der Waals surface area contributed by atoms with E-state index in [0.29, 0.717) is 18.0 Å². The summed E-state index contributed by atoms with van der Waals surface area (Å²) in [7, 11) is -1.80. The first-order valence-corrected chi connectivity index (χ1v) is 7.13. The van der Waals surface area contributed by atoms with Gasteiger partial charge in [0.25, 0.3) is 0 Å². The van der Waals surface area contributed by atoms with Crippen LogP contribution < -0.4 is 15.2 Å². The average molecular weight is 274 g/mol. The predicted octanol–water partition coefficient (Wildman–Crippen LogP) is 0.213. The first-order valence-electron chi connectivity index (χ1n) is 5.48. The van der Waals surface area contributed by atoms with Crippen LogP contribution in [-0.2, 0) is 14.8 Å². The second-order valence-electron chi connectivity index (χ2n) is 3.62. The number of hydrogen-bond acceptors (Lipinski definition) is 5. The maximum absolute atomic E-state index is 11.5. The third-order valence-electron chi connectivity index (χ3n) is 2.13. The van der Waals surface area contributed by atoms with Gasteiger partial charge in [-0.05, 0) is 24.3 Å². The Morgan fingerprint density at radius 2 is 1.89 bits per heavy atom. The van der Waals surface area contributed by atoms with E-state index in [9.17, 15) is 8.42 Å². The summed E-state index contributed by atoms with van der Waals surface area (Å²) in [5, 5.41) is 0. The largest absolute Gasteiger partial charge is 0.492 e. The van der Waals surface area contributed by atoms with E-state index in [4.69, 9.17) is 15.2 Å². The highest BCUT2D eigenvalue weighted by atomic mass is 32.2. The molecule has 0 unspecified atom stereocenters. The number of nitrogens with two attached hydrogens (primary N) is 1. The molecule has 0 spiro atoms. The molecule has 0 aromatic heterocycles. The first-order chi connectivity index (χ1) is 8.53. The molecular formula is C11H18N2O4S. The molecule has 0 aliphatic rings. The second-order valence-corrected chi connectivity index (χ2v) is 5.55. The van der Waals surface area contributed by atoms with Crippen molar-refractivity contribution < 1.29 is 17.9 Å². The number of methoxy groups -OCH3 is 1. The highest BCUT2D eigenvalue weighted by Gasteiger charge is 2.09. The average Bonchev–Trinajstić information content (AvgIpc) is 2.32. The number of hydrogen-bond donors (Lipinski definition) is 2. The summed E-state index contributed by atoms with van der Waals surface area (Å²) in [6.07, 6.45) is 0. The van der Waals surface area contributed by atoms with Gasteiger partial charge in [0.2, 0.25) is 10.0 Å². The van der Waals surface area contributed by atoms with E-state index in [-0.39, 0.29) is 18.9 Å². The highest BCUT2D eigenvalue weighted by Crippen LogP contribution is 2.12. The predicted molar refractivity (Wildman–Crippen MR) is 70.0 cm³/mol. The van der Waals surface area contributed by atoms with Crippen molar-refractivity contribution in [2.24, 2.45) is 0 Å². The molecule has 1 aromatic rings. The standard InChI is InChI=1S/C11H18N2O4S/c1-16-7-6-13-18(14,15)9-8-17-11-4-2-10(12)3-5-11/h2-5,13H,6-9,12H2,1H3. The summed E-state index contributed by atoms with van der Waals surface area (Å²) in [6, 6.07) is 6.78. The van der Waals surface area contributed by atoms with Crippen molar-refractivity contribution >= 4 is 15.7 Å². The fourth-order valence-corrected chi connectivity index (χ4v) is 2.05. The molecule has 1 rings (SSSR count). The van der Waals surface area contributed by atoms with Gasteiger partial charge in [-0.15, -0.1) is 0 Å². The van der Waals surface area contributed by atoms with Gasteiger partial charge in [0.05, 0.1) is 12.4 Å². The van der Waals surface area contributed by atoms with Crippen molar-refractivity contribution in [3.05, 3.63) is 24.3 Å². The van der Waals surface area contributed by atoms with E-state index < -0.39 is 10.0 Å². The molecule has 0 saturated carbocycles. The van der Waals surface area contributed by atoms with Gasteiger partial charge in [0.1, 0.15) is 12.4 Å². The molecule has 0 fully saturated rings. The maximum atomic E-state index is 11.5. The Balaban J connectivity index is 2.30. The van der Waals surface area contributed by atoms with Crippen LogP contribution in [0.1, 0.15) is 0 Å². The molecule has 7 heteroatoms. The highest BCUT2D eigenvalue weighted by molar-refractivity contribution is 7.89. The molecule has 0 bridgehead atoms. The summed E-state index contributed by atoms with van der Waals surface area (Å²) in [5.74, 6) is 0.498. The molecule has 0 radical (unpaired) electrons. The molecule has 18 heavy (non-hydrogen) atoms. The maximum Gasteiger partial charge on any atom is 0.215 e. The molecule has 6 nitrogen and oxygen atoms in total. The van der Waals surface area contributed by atoms with Crippen molar-refractivity contribution in [2.45, 2.75) is 0 Å². The van der Waals surface area contributed by atoms with E-state index in [0.717, 1.165) is 0 Å². The van der Waals surface area contributed by atoms with Crippen molar-refractivity contribution in [3.8, 4) is 5.75 Å². The van der Waals surface area contributed by atoms with E-state index in [1.54, 1.807) is 24.3 Å². The molecule has 0 atom stereocenters. The number of benzene rings is 1. The normalized spacial score (nSPS) is 11.4. The minimum atomic E-state index is -3.31. The third-order valence-corrected chi connectivity index (χ3v) is 3.48. The zero-order valence-electron chi connectivity index (χ0n) is 10.3. The molecule has 1 aromatic carbocycles. The van der Waals surface area contributed by atoms with Crippen LogP contribution >= 0.6 is 0 Å². The van der Waals surface area contributed by atoms with Gasteiger partial charge in [-0.3, -0.25) is 0 Å². The molecule has 0 amide bonds. The number of anilines is 1. The van der Waals surface area contributed by atoms with Crippen LogP contribution in [0.2, 0.25) is 0 Å². The zero-order valence-corrected chi connectivity index (χ0v) is 11.1. The van der Waals surface area contributed by atoms with Crippen LogP contribution in [0.25, 0.3) is 0 Å². The number of ether oxygens (including phenoxy) is 2. The van der Waals surface area contributed by atoms with Gasteiger partial charge in [0, 0.05) is 19.3 Å². The Morgan fingerprint density at radius 1 is 1.22 bits per heavy atom. The molecule has 0 aliphatic heterocycles. The van der Waals surface area contributed by atoms with Crippen molar-refractivity contribution in [1.29, 1.82) is 0 Å². The Hall–Kier alpha value is -1.31. The molecule has 0 aliphatic carbocycles. The lowest BCUT2D eigenvalue weighted by molar-refractivity contribution is 0.204. The monoisotopic (exact) mass is 274 g/mol. The number of rotatable bonds is 8. The van der Waals surface area contributed by atoms with Crippen LogP contribution in [0.4, 0.5) is 5.69 Å². The minimum absolute atomic E-state index is 0.0895. The van der Waals surface area contributed by atoms with Crippen LogP contribution in [0.3, 0.4) is 0 Å². The van der Waals surface area contributed by atoms with Crippen molar-refractivity contribution in [2.75, 3.05) is 38.4 Å². The van der Waals surface area contributed by atoms with E-state index in [1.165, 1.54) is 7.11 Å². The number of sulfonamides is 1. The summed E-state index contributed by atoms with van der Waals surface area (Å²) in [6.45, 7) is 0.699. The van der Waals surface area contributed by atoms with Crippen LogP contribution in [0.15, 0.2) is 24.3 Å². The van der Waals surface area contributed by atoms with Crippen LogP contribution in [-0.4, -0.2) is 41.0 Å². The second kappa shape index (κ2) is 7.20. The first kappa shape index (κ1) is 14.7. The molecule has 102 valence electrons. The van der Waals surface area contributed by atoms with E-state index >= 15 is 0 Å². The lowest BCUT2D eigenvalue weighted by atomic mass is 10.3. The van der Waals surface area contributed by atoms with Gasteiger partial charge in [-0.1, -0.05) is 0 Å². The summed E-state index contributed by atoms with van der Waals surface area (Å²) in [4.78, 5) is 0. The third kappa shape index (κ3) is 5.85. The minimum Gasteiger partial charge on any atom is -0.492 e. The summed E-state index contributed by atoms with van der Waals surface area (Å²) < 4.78 is 35.4. The van der Waals surface area contributed by atoms with E-state index in [2.05, 4.69) is 4.72 Å². The fourth-order valence-electron chi connectivity index (χ4n) is 1.20. The lowest BCUT2D eigenvalue weighted by Crippen LogP contribution is -2.31. The van der Waals surface area contributed by atoms with Gasteiger partial charge in [-0.2, -0.15) is 0 Å². The zero-order chi connectivity index (χ0) is 13.4. The van der Waals surface area contributed by atoms with Crippen LogP contribution in [0.5, 0.6) is 5.75 Å². The Bertz CT molecular complexity index is 445. The summed E-state index contributed by atoms with van der Waals surface area (Å²) in [5.41, 5.74) is 6.15. The Morgan fingerprint density at radius 3 is 2.50 bits per heavy atom.